The highest BCUT2D eigenvalue weighted by Crippen LogP contribution is 2.12. The van der Waals surface area contributed by atoms with Gasteiger partial charge in [-0.1, -0.05) is 28.1 Å². The largest absolute Gasteiger partial charge is 0.228 e. The maximum absolute atomic E-state index is 10.5. The normalized spacial score (nSPS) is 9.50. The molecule has 1 aromatic carbocycles. The van der Waals surface area contributed by atoms with Crippen molar-refractivity contribution in [3.63, 3.8) is 0 Å². The van der Waals surface area contributed by atoms with Gasteiger partial charge in [-0.2, -0.15) is 8.42 Å². The van der Waals surface area contributed by atoms with E-state index in [0.29, 0.717) is 8.43 Å². The maximum Gasteiger partial charge on any atom is 0.228 e. The summed E-state index contributed by atoms with van der Waals surface area (Å²) in [4.78, 5) is 0. The van der Waals surface area contributed by atoms with Gasteiger partial charge < -0.3 is 0 Å². The summed E-state index contributed by atoms with van der Waals surface area (Å²) in [5, 5.41) is 0. The summed E-state index contributed by atoms with van der Waals surface area (Å²) in [7, 11) is -2.13. The smallest absolute Gasteiger partial charge is 0.183 e. The predicted molar refractivity (Wildman–Crippen MR) is 61.2 cm³/mol. The molecule has 0 saturated heterocycles. The molecule has 0 radical (unpaired) electrons. The van der Waals surface area contributed by atoms with Gasteiger partial charge in [0.05, 0.1) is 0 Å². The van der Waals surface area contributed by atoms with E-state index in [1.54, 1.807) is 46.9 Å². The average Bonchev–Trinajstić information content (AvgIpc) is 2.04. The SMILES string of the molecule is O=S(=O)=C(I)c1ccc(Br)cc1. The molecular formula is C7H4BrIO2S. The monoisotopic (exact) mass is 358 g/mol. The Morgan fingerprint density at radius 3 is 2.17 bits per heavy atom. The van der Waals surface area contributed by atoms with E-state index in [2.05, 4.69) is 15.9 Å². The fourth-order valence-electron chi connectivity index (χ4n) is 0.677. The van der Waals surface area contributed by atoms with Crippen molar-refractivity contribution in [1.82, 2.24) is 0 Å². The zero-order valence-electron chi connectivity index (χ0n) is 5.79. The Labute approximate surface area is 93.8 Å². The molecule has 0 aliphatic heterocycles. The lowest BCUT2D eigenvalue weighted by Crippen LogP contribution is -1.89. The van der Waals surface area contributed by atoms with Crippen molar-refractivity contribution in [2.45, 2.75) is 0 Å². The van der Waals surface area contributed by atoms with Gasteiger partial charge in [0, 0.05) is 10.0 Å². The van der Waals surface area contributed by atoms with Gasteiger partial charge >= 0.3 is 0 Å². The van der Waals surface area contributed by atoms with Crippen LogP contribution in [0.15, 0.2) is 28.7 Å². The summed E-state index contributed by atoms with van der Waals surface area (Å²) in [6, 6.07) is 7.12. The lowest BCUT2D eigenvalue weighted by atomic mass is 10.2. The van der Waals surface area contributed by atoms with Crippen molar-refractivity contribution >= 4 is 51.7 Å². The first-order valence-corrected chi connectivity index (χ1v) is 5.93. The van der Waals surface area contributed by atoms with Gasteiger partial charge in [0.2, 0.25) is 10.3 Å². The van der Waals surface area contributed by atoms with Crippen molar-refractivity contribution in [2.24, 2.45) is 0 Å². The Morgan fingerprint density at radius 2 is 1.75 bits per heavy atom. The fourth-order valence-corrected chi connectivity index (χ4v) is 1.63. The zero-order valence-corrected chi connectivity index (χ0v) is 10.4. The van der Waals surface area contributed by atoms with Crippen LogP contribution in [0.5, 0.6) is 0 Å². The summed E-state index contributed by atoms with van der Waals surface area (Å²) in [6.07, 6.45) is 0. The third-order valence-corrected chi connectivity index (χ3v) is 3.98. The van der Waals surface area contributed by atoms with E-state index >= 15 is 0 Å². The molecule has 1 aromatic rings. The van der Waals surface area contributed by atoms with Crippen molar-refractivity contribution < 1.29 is 8.42 Å². The standard InChI is InChI=1S/C7H4BrIO2S/c8-6-3-1-5(2-4-6)7(9)12(10)11/h1-4H. The number of hydrogen-bond acceptors (Lipinski definition) is 2. The third kappa shape index (κ3) is 2.56. The van der Waals surface area contributed by atoms with Gasteiger partial charge in [0.25, 0.3) is 0 Å². The second-order valence-electron chi connectivity index (χ2n) is 2.02. The molecule has 2 nitrogen and oxygen atoms in total. The topological polar surface area (TPSA) is 34.1 Å². The predicted octanol–water partition coefficient (Wildman–Crippen LogP) is 2.24. The van der Waals surface area contributed by atoms with Crippen LogP contribution in [0.3, 0.4) is 0 Å². The van der Waals surface area contributed by atoms with Crippen LogP contribution in [0.4, 0.5) is 0 Å². The maximum atomic E-state index is 10.5. The van der Waals surface area contributed by atoms with Gasteiger partial charge in [-0.3, -0.25) is 0 Å². The van der Waals surface area contributed by atoms with Crippen molar-refractivity contribution in [3.8, 4) is 0 Å². The minimum absolute atomic E-state index is 0.333. The Kier molecular flexibility index (Phi) is 3.73. The van der Waals surface area contributed by atoms with E-state index in [1.165, 1.54) is 0 Å². The molecule has 0 heterocycles. The Morgan fingerprint density at radius 1 is 1.25 bits per heavy atom. The number of rotatable bonds is 1. The molecule has 0 aliphatic carbocycles. The van der Waals surface area contributed by atoms with E-state index < -0.39 is 10.3 Å². The highest BCUT2D eigenvalue weighted by Gasteiger charge is 1.99. The minimum Gasteiger partial charge on any atom is -0.183 e. The van der Waals surface area contributed by atoms with E-state index in [4.69, 9.17) is 0 Å². The van der Waals surface area contributed by atoms with Gasteiger partial charge in [-0.05, 0) is 34.7 Å². The first-order chi connectivity index (χ1) is 5.61. The van der Waals surface area contributed by atoms with Crippen molar-refractivity contribution in [2.75, 3.05) is 0 Å². The van der Waals surface area contributed by atoms with E-state index in [9.17, 15) is 8.42 Å². The number of hydrogen-bond donors (Lipinski definition) is 0. The Balaban J connectivity index is 3.24. The van der Waals surface area contributed by atoms with Crippen LogP contribution in [0.25, 0.3) is 0 Å². The lowest BCUT2D eigenvalue weighted by Gasteiger charge is -1.93. The molecule has 0 aliphatic rings. The first-order valence-electron chi connectivity index (χ1n) is 2.99. The fraction of sp³-hybridized carbons (Fsp3) is 0. The van der Waals surface area contributed by atoms with Gasteiger partial charge in [0.1, 0.15) is 2.87 Å². The molecular weight excluding hydrogens is 355 g/mol. The van der Waals surface area contributed by atoms with Crippen LogP contribution in [0, 0.1) is 0 Å². The van der Waals surface area contributed by atoms with E-state index in [0.717, 1.165) is 4.47 Å². The van der Waals surface area contributed by atoms with Crippen molar-refractivity contribution in [1.29, 1.82) is 0 Å². The summed E-state index contributed by atoms with van der Waals surface area (Å²) in [5.41, 5.74) is 0.715. The molecule has 0 spiro atoms. The molecule has 0 atom stereocenters. The lowest BCUT2D eigenvalue weighted by molar-refractivity contribution is 0.627. The van der Waals surface area contributed by atoms with Gasteiger partial charge in [-0.25, -0.2) is 0 Å². The summed E-state index contributed by atoms with van der Waals surface area (Å²) < 4.78 is 22.3. The Hall–Kier alpha value is 0.120. The quantitative estimate of drug-likeness (QED) is 0.438. The van der Waals surface area contributed by atoms with Gasteiger partial charge in [-0.15, -0.1) is 0 Å². The molecule has 0 amide bonds. The van der Waals surface area contributed by atoms with Crippen LogP contribution in [-0.4, -0.2) is 11.3 Å². The summed E-state index contributed by atoms with van der Waals surface area (Å²) >= 11 is 5.06. The molecule has 0 bridgehead atoms. The third-order valence-electron chi connectivity index (χ3n) is 1.22. The summed E-state index contributed by atoms with van der Waals surface area (Å²) in [5.74, 6) is 0. The highest BCUT2D eigenvalue weighted by molar-refractivity contribution is 14.1. The van der Waals surface area contributed by atoms with Crippen LogP contribution in [0.2, 0.25) is 0 Å². The number of benzene rings is 1. The molecule has 12 heavy (non-hydrogen) atoms. The van der Waals surface area contributed by atoms with Crippen LogP contribution >= 0.6 is 38.5 Å². The molecule has 0 aromatic heterocycles. The Bertz CT molecular complexity index is 400. The van der Waals surface area contributed by atoms with E-state index in [-0.39, 0.29) is 0 Å². The molecule has 1 rings (SSSR count). The first kappa shape index (κ1) is 10.2. The van der Waals surface area contributed by atoms with Gasteiger partial charge in [0.15, 0.2) is 0 Å². The van der Waals surface area contributed by atoms with Crippen molar-refractivity contribution in [3.05, 3.63) is 34.3 Å². The molecule has 64 valence electrons. The van der Waals surface area contributed by atoms with Crippen LogP contribution in [-0.2, 0) is 10.3 Å². The molecule has 0 saturated carbocycles. The average molecular weight is 359 g/mol. The number of halogens is 2. The second-order valence-corrected chi connectivity index (χ2v) is 5.62. The highest BCUT2D eigenvalue weighted by atomic mass is 127. The molecule has 0 unspecified atom stereocenters. The molecule has 0 fully saturated rings. The van der Waals surface area contributed by atoms with E-state index in [1.807, 2.05) is 0 Å². The molecule has 0 N–H and O–H groups in total. The zero-order chi connectivity index (χ0) is 9.14. The van der Waals surface area contributed by atoms with Crippen LogP contribution in [0.1, 0.15) is 5.56 Å². The second kappa shape index (κ2) is 4.38. The molecule has 5 heteroatoms. The summed E-state index contributed by atoms with van der Waals surface area (Å²) in [6.45, 7) is 0. The van der Waals surface area contributed by atoms with Crippen LogP contribution < -0.4 is 0 Å². The minimum atomic E-state index is -2.13.